The Morgan fingerprint density at radius 1 is 1.18 bits per heavy atom. The highest BCUT2D eigenvalue weighted by atomic mass is 32.1. The zero-order chi connectivity index (χ0) is 19.3. The van der Waals surface area contributed by atoms with Crippen molar-refractivity contribution in [2.45, 2.75) is 51.6 Å². The van der Waals surface area contributed by atoms with Crippen LogP contribution >= 0.6 is 11.3 Å². The molecule has 5 nitrogen and oxygen atoms in total. The molecule has 0 spiro atoms. The predicted molar refractivity (Wildman–Crippen MR) is 115 cm³/mol. The van der Waals surface area contributed by atoms with Gasteiger partial charge in [0.2, 0.25) is 0 Å². The van der Waals surface area contributed by atoms with E-state index in [9.17, 15) is 4.79 Å². The van der Waals surface area contributed by atoms with Crippen molar-refractivity contribution in [1.82, 2.24) is 15.2 Å². The first-order valence-corrected chi connectivity index (χ1v) is 11.3. The number of amides is 1. The molecule has 6 heteroatoms. The number of aromatic nitrogens is 1. The lowest BCUT2D eigenvalue weighted by molar-refractivity contribution is 0.0954. The molecule has 1 amide bonds. The molecular formula is C22H30N4OS. The highest BCUT2D eigenvalue weighted by Crippen LogP contribution is 2.28. The Labute approximate surface area is 171 Å². The van der Waals surface area contributed by atoms with E-state index in [1.165, 1.54) is 62.1 Å². The molecule has 1 aromatic heterocycles. The van der Waals surface area contributed by atoms with Gasteiger partial charge in [0.05, 0.1) is 6.20 Å². The van der Waals surface area contributed by atoms with Gasteiger partial charge in [-0.05, 0) is 51.3 Å². The summed E-state index contributed by atoms with van der Waals surface area (Å²) in [5.74, 6) is -0.0338. The van der Waals surface area contributed by atoms with E-state index in [1.807, 2.05) is 12.1 Å². The highest BCUT2D eigenvalue weighted by Gasteiger charge is 2.27. The molecule has 2 aromatic rings. The Balaban J connectivity index is 1.28. The van der Waals surface area contributed by atoms with Crippen LogP contribution in [-0.2, 0) is 6.54 Å². The number of rotatable bonds is 5. The fourth-order valence-corrected chi connectivity index (χ4v) is 5.20. The smallest absolute Gasteiger partial charge is 0.263 e. The molecule has 1 N–H and O–H groups in total. The van der Waals surface area contributed by atoms with Crippen LogP contribution in [0.25, 0.3) is 0 Å². The zero-order valence-electron chi connectivity index (χ0n) is 16.7. The van der Waals surface area contributed by atoms with Crippen LogP contribution in [0.15, 0.2) is 30.5 Å². The van der Waals surface area contributed by atoms with Gasteiger partial charge in [0, 0.05) is 25.7 Å². The van der Waals surface area contributed by atoms with E-state index in [0.29, 0.717) is 11.4 Å². The Bertz CT molecular complexity index is 791. The van der Waals surface area contributed by atoms with Crippen LogP contribution in [-0.4, -0.2) is 48.0 Å². The maximum absolute atomic E-state index is 12.5. The average molecular weight is 399 g/mol. The minimum Gasteiger partial charge on any atom is -0.348 e. The zero-order valence-corrected chi connectivity index (χ0v) is 17.5. The molecule has 2 saturated heterocycles. The van der Waals surface area contributed by atoms with Gasteiger partial charge in [-0.1, -0.05) is 47.6 Å². The molecule has 28 heavy (non-hydrogen) atoms. The summed E-state index contributed by atoms with van der Waals surface area (Å²) in [4.78, 5) is 22.8. The lowest BCUT2D eigenvalue weighted by atomic mass is 10.0. The molecule has 2 fully saturated rings. The number of carbonyl (C=O) groups is 1. The number of anilines is 1. The molecule has 0 bridgehead atoms. The van der Waals surface area contributed by atoms with Crippen molar-refractivity contribution < 1.29 is 4.79 Å². The van der Waals surface area contributed by atoms with E-state index in [1.54, 1.807) is 6.20 Å². The minimum atomic E-state index is -0.0338. The van der Waals surface area contributed by atoms with Gasteiger partial charge in [-0.15, -0.1) is 0 Å². The Morgan fingerprint density at radius 2 is 1.96 bits per heavy atom. The summed E-state index contributed by atoms with van der Waals surface area (Å²) in [6, 6.07) is 8.96. The largest absolute Gasteiger partial charge is 0.348 e. The first kappa shape index (κ1) is 19.4. The summed E-state index contributed by atoms with van der Waals surface area (Å²) < 4.78 is 0. The van der Waals surface area contributed by atoms with Crippen molar-refractivity contribution in [3.63, 3.8) is 0 Å². The van der Waals surface area contributed by atoms with Crippen LogP contribution in [0.2, 0.25) is 0 Å². The summed E-state index contributed by atoms with van der Waals surface area (Å²) in [5, 5.41) is 4.00. The lowest BCUT2D eigenvalue weighted by Gasteiger charge is -2.40. The third-order valence-electron chi connectivity index (χ3n) is 5.89. The van der Waals surface area contributed by atoms with Crippen LogP contribution in [0.5, 0.6) is 0 Å². The average Bonchev–Trinajstić information content (AvgIpc) is 3.23. The third-order valence-corrected chi connectivity index (χ3v) is 6.95. The molecule has 150 valence electrons. The van der Waals surface area contributed by atoms with Crippen LogP contribution in [0.3, 0.4) is 0 Å². The van der Waals surface area contributed by atoms with E-state index < -0.39 is 0 Å². The van der Waals surface area contributed by atoms with Gasteiger partial charge in [0.1, 0.15) is 4.88 Å². The Hall–Kier alpha value is -1.92. The van der Waals surface area contributed by atoms with Crippen molar-refractivity contribution in [2.75, 3.05) is 31.1 Å². The molecule has 0 unspecified atom stereocenters. The summed E-state index contributed by atoms with van der Waals surface area (Å²) >= 11 is 1.51. The maximum Gasteiger partial charge on any atom is 0.263 e. The molecule has 4 rings (SSSR count). The van der Waals surface area contributed by atoms with E-state index in [0.717, 1.165) is 29.8 Å². The SMILES string of the molecule is Cc1cccc(CNC(=O)c2cnc(N3CCC(N4CCCCC4)CC3)s2)c1. The van der Waals surface area contributed by atoms with Gasteiger partial charge in [0.15, 0.2) is 5.13 Å². The summed E-state index contributed by atoms with van der Waals surface area (Å²) in [6.07, 6.45) is 8.23. The molecule has 2 aliphatic rings. The minimum absolute atomic E-state index is 0.0338. The number of benzene rings is 1. The van der Waals surface area contributed by atoms with Crippen LogP contribution in [0.1, 0.15) is 52.9 Å². The number of aryl methyl sites for hydroxylation is 1. The normalized spacial score (nSPS) is 19.0. The molecule has 0 atom stereocenters. The van der Waals surface area contributed by atoms with Gasteiger partial charge >= 0.3 is 0 Å². The summed E-state index contributed by atoms with van der Waals surface area (Å²) in [6.45, 7) is 7.24. The Morgan fingerprint density at radius 3 is 2.71 bits per heavy atom. The topological polar surface area (TPSA) is 48.5 Å². The lowest BCUT2D eigenvalue weighted by Crippen LogP contribution is -2.46. The van der Waals surface area contributed by atoms with Gasteiger partial charge < -0.3 is 15.1 Å². The van der Waals surface area contributed by atoms with Gasteiger partial charge in [-0.3, -0.25) is 4.79 Å². The molecule has 1 aromatic carbocycles. The molecular weight excluding hydrogens is 368 g/mol. The number of nitrogens with zero attached hydrogens (tertiary/aromatic N) is 3. The summed E-state index contributed by atoms with van der Waals surface area (Å²) in [7, 11) is 0. The molecule has 0 radical (unpaired) electrons. The second-order valence-electron chi connectivity index (χ2n) is 7.99. The molecule has 0 aliphatic carbocycles. The quantitative estimate of drug-likeness (QED) is 0.831. The van der Waals surface area contributed by atoms with Gasteiger partial charge in [-0.25, -0.2) is 4.98 Å². The van der Waals surface area contributed by atoms with Crippen molar-refractivity contribution in [1.29, 1.82) is 0 Å². The number of likely N-dealkylation sites (tertiary alicyclic amines) is 1. The van der Waals surface area contributed by atoms with E-state index >= 15 is 0 Å². The maximum atomic E-state index is 12.5. The number of carbonyl (C=O) groups excluding carboxylic acids is 1. The summed E-state index contributed by atoms with van der Waals surface area (Å²) in [5.41, 5.74) is 2.33. The van der Waals surface area contributed by atoms with Crippen molar-refractivity contribution in [3.8, 4) is 0 Å². The molecule has 2 aliphatic heterocycles. The van der Waals surface area contributed by atoms with Gasteiger partial charge in [-0.2, -0.15) is 0 Å². The van der Waals surface area contributed by atoms with E-state index in [4.69, 9.17) is 0 Å². The molecule has 0 saturated carbocycles. The highest BCUT2D eigenvalue weighted by molar-refractivity contribution is 7.17. The second-order valence-corrected chi connectivity index (χ2v) is 9.00. The number of hydrogen-bond donors (Lipinski definition) is 1. The first-order valence-electron chi connectivity index (χ1n) is 10.5. The van der Waals surface area contributed by atoms with E-state index in [2.05, 4.69) is 39.2 Å². The van der Waals surface area contributed by atoms with Crippen LogP contribution < -0.4 is 10.2 Å². The number of nitrogens with one attached hydrogen (secondary N) is 1. The number of hydrogen-bond acceptors (Lipinski definition) is 5. The van der Waals surface area contributed by atoms with Crippen LogP contribution in [0, 0.1) is 6.92 Å². The standard InChI is InChI=1S/C22H30N4OS/c1-17-6-5-7-18(14-17)15-23-21(27)20-16-24-22(28-20)26-12-8-19(9-13-26)25-10-3-2-4-11-25/h5-7,14,16,19H,2-4,8-13,15H2,1H3,(H,23,27). The number of thiazole rings is 1. The number of piperidine rings is 2. The fourth-order valence-electron chi connectivity index (χ4n) is 4.31. The van der Waals surface area contributed by atoms with Gasteiger partial charge in [0.25, 0.3) is 5.91 Å². The second kappa shape index (κ2) is 9.05. The van der Waals surface area contributed by atoms with Crippen molar-refractivity contribution in [3.05, 3.63) is 46.5 Å². The van der Waals surface area contributed by atoms with Crippen molar-refractivity contribution >= 4 is 22.4 Å². The van der Waals surface area contributed by atoms with Crippen molar-refractivity contribution in [2.24, 2.45) is 0 Å². The predicted octanol–water partition coefficient (Wildman–Crippen LogP) is 3.84. The molecule has 3 heterocycles. The monoisotopic (exact) mass is 398 g/mol. The Kier molecular flexibility index (Phi) is 6.27. The first-order chi connectivity index (χ1) is 13.7. The van der Waals surface area contributed by atoms with E-state index in [-0.39, 0.29) is 5.91 Å². The fraction of sp³-hybridized carbons (Fsp3) is 0.545. The third kappa shape index (κ3) is 4.73. The van der Waals surface area contributed by atoms with Crippen LogP contribution in [0.4, 0.5) is 5.13 Å².